The number of carbonyl (C=O) groups is 1. The first-order chi connectivity index (χ1) is 8.27. The molecule has 17 heavy (non-hydrogen) atoms. The maximum atomic E-state index is 10.9. The summed E-state index contributed by atoms with van der Waals surface area (Å²) < 4.78 is 0. The van der Waals surface area contributed by atoms with E-state index in [0.29, 0.717) is 5.57 Å². The summed E-state index contributed by atoms with van der Waals surface area (Å²) in [4.78, 5) is 14.7. The molecule has 0 aromatic heterocycles. The molecule has 3 rings (SSSR count). The van der Waals surface area contributed by atoms with Gasteiger partial charge in [0.1, 0.15) is 0 Å². The first-order valence-electron chi connectivity index (χ1n) is 5.27. The minimum Gasteiger partial charge on any atom is -0.476 e. The molecule has 0 saturated heterocycles. The third-order valence-corrected chi connectivity index (χ3v) is 2.86. The van der Waals surface area contributed by atoms with E-state index < -0.39 is 5.97 Å². The number of hydrogen-bond acceptors (Lipinski definition) is 2. The maximum absolute atomic E-state index is 10.9. The number of rotatable bonds is 2. The van der Waals surface area contributed by atoms with Crippen molar-refractivity contribution in [3.05, 3.63) is 54.2 Å². The molecule has 1 N–H and O–H groups in total. The molecule has 0 radical (unpaired) electrons. The van der Waals surface area contributed by atoms with Crippen molar-refractivity contribution in [3.63, 3.8) is 0 Å². The third kappa shape index (κ3) is 1.44. The number of nitrogens with zero attached hydrogens (tertiary/aromatic N) is 1. The minimum absolute atomic E-state index is 0.140. The van der Waals surface area contributed by atoms with Crippen LogP contribution < -0.4 is 0 Å². The van der Waals surface area contributed by atoms with Crippen LogP contribution in [0.5, 0.6) is 0 Å². The Morgan fingerprint density at radius 2 is 1.82 bits per heavy atom. The molecule has 3 nitrogen and oxygen atoms in total. The highest BCUT2D eigenvalue weighted by molar-refractivity contribution is 6.56. The number of aliphatic imine (C=N–C) groups is 1. The van der Waals surface area contributed by atoms with Crippen LogP contribution in [0.4, 0.5) is 0 Å². The van der Waals surface area contributed by atoms with Crippen molar-refractivity contribution in [1.82, 2.24) is 0 Å². The molecule has 0 fully saturated rings. The number of carboxylic acid groups (broad SMARTS) is 1. The van der Waals surface area contributed by atoms with Crippen LogP contribution in [0.1, 0.15) is 5.56 Å². The number of aliphatic carboxylic acids is 1. The van der Waals surface area contributed by atoms with E-state index in [2.05, 4.69) is 4.99 Å². The Kier molecular flexibility index (Phi) is 2.05. The molecule has 82 valence electrons. The fourth-order valence-electron chi connectivity index (χ4n) is 2.02. The second kappa shape index (κ2) is 3.56. The second-order valence-electron chi connectivity index (χ2n) is 3.85. The highest BCUT2D eigenvalue weighted by atomic mass is 16.4. The van der Waals surface area contributed by atoms with E-state index in [-0.39, 0.29) is 5.71 Å². The van der Waals surface area contributed by atoms with Crippen molar-refractivity contribution >= 4 is 28.0 Å². The lowest BCUT2D eigenvalue weighted by molar-refractivity contribution is -0.129. The van der Waals surface area contributed by atoms with Crippen LogP contribution in [0.25, 0.3) is 16.3 Å². The maximum Gasteiger partial charge on any atom is 0.355 e. The van der Waals surface area contributed by atoms with Gasteiger partial charge in [0.2, 0.25) is 0 Å². The zero-order valence-corrected chi connectivity index (χ0v) is 8.92. The van der Waals surface area contributed by atoms with Gasteiger partial charge in [0.15, 0.2) is 5.71 Å². The zero-order valence-electron chi connectivity index (χ0n) is 8.92. The van der Waals surface area contributed by atoms with Crippen LogP contribution in [0.3, 0.4) is 0 Å². The highest BCUT2D eigenvalue weighted by Crippen LogP contribution is 2.29. The van der Waals surface area contributed by atoms with Gasteiger partial charge in [-0.1, -0.05) is 42.5 Å². The van der Waals surface area contributed by atoms with Gasteiger partial charge in [0.05, 0.1) is 0 Å². The Bertz CT molecular complexity index is 678. The molecule has 2 aromatic rings. The van der Waals surface area contributed by atoms with Crippen molar-refractivity contribution in [2.45, 2.75) is 0 Å². The fraction of sp³-hybridized carbons (Fsp3) is 0. The summed E-state index contributed by atoms with van der Waals surface area (Å²) in [6.45, 7) is 0. The lowest BCUT2D eigenvalue weighted by Gasteiger charge is -2.15. The molecule has 0 bridgehead atoms. The van der Waals surface area contributed by atoms with E-state index in [1.165, 1.54) is 0 Å². The van der Waals surface area contributed by atoms with Gasteiger partial charge in [-0.05, 0) is 16.3 Å². The molecule has 3 heteroatoms. The van der Waals surface area contributed by atoms with Gasteiger partial charge in [0, 0.05) is 11.8 Å². The molecule has 0 unspecified atom stereocenters. The number of hydrogen-bond donors (Lipinski definition) is 1. The standard InChI is InChI=1S/C14H9NO2/c16-14(17)13-12(8-15-13)11-7-3-5-9-4-1-2-6-10(9)11/h1-8H,(H,16,17). The quantitative estimate of drug-likeness (QED) is 0.850. The molecular weight excluding hydrogens is 214 g/mol. The van der Waals surface area contributed by atoms with Gasteiger partial charge in [-0.25, -0.2) is 9.79 Å². The Balaban J connectivity index is 2.17. The highest BCUT2D eigenvalue weighted by Gasteiger charge is 2.23. The topological polar surface area (TPSA) is 49.7 Å². The van der Waals surface area contributed by atoms with Crippen LogP contribution in [0.2, 0.25) is 0 Å². The van der Waals surface area contributed by atoms with Crippen LogP contribution in [0, 0.1) is 0 Å². The average Bonchev–Trinajstić information content (AvgIpc) is 2.27. The molecule has 0 amide bonds. The second-order valence-corrected chi connectivity index (χ2v) is 3.85. The lowest BCUT2D eigenvalue weighted by atomic mass is 9.94. The van der Waals surface area contributed by atoms with Crippen molar-refractivity contribution < 1.29 is 9.90 Å². The minimum atomic E-state index is -0.976. The summed E-state index contributed by atoms with van der Waals surface area (Å²) in [5, 5.41) is 11.1. The molecule has 2 aromatic carbocycles. The fourth-order valence-corrected chi connectivity index (χ4v) is 2.02. The number of benzene rings is 2. The van der Waals surface area contributed by atoms with Gasteiger partial charge in [-0.3, -0.25) is 0 Å². The van der Waals surface area contributed by atoms with Crippen molar-refractivity contribution in [1.29, 1.82) is 0 Å². The molecule has 0 saturated carbocycles. The smallest absolute Gasteiger partial charge is 0.355 e. The Labute approximate surface area is 97.7 Å². The Morgan fingerprint density at radius 1 is 1.06 bits per heavy atom. The molecule has 1 aliphatic heterocycles. The summed E-state index contributed by atoms with van der Waals surface area (Å²) in [6, 6.07) is 13.8. The van der Waals surface area contributed by atoms with E-state index in [4.69, 9.17) is 5.11 Å². The Hall–Kier alpha value is -2.42. The molecule has 0 aliphatic carbocycles. The normalized spacial score (nSPS) is 13.9. The summed E-state index contributed by atoms with van der Waals surface area (Å²) in [7, 11) is 0. The van der Waals surface area contributed by atoms with E-state index >= 15 is 0 Å². The third-order valence-electron chi connectivity index (χ3n) is 2.86. The van der Waals surface area contributed by atoms with E-state index in [1.807, 2.05) is 42.5 Å². The lowest BCUT2D eigenvalue weighted by Crippen LogP contribution is -2.19. The van der Waals surface area contributed by atoms with Gasteiger partial charge in [-0.2, -0.15) is 0 Å². The largest absolute Gasteiger partial charge is 0.476 e. The van der Waals surface area contributed by atoms with E-state index in [9.17, 15) is 4.79 Å². The SMILES string of the molecule is O=C(O)C1=NC=C1c1cccc2ccccc12. The van der Waals surface area contributed by atoms with Crippen molar-refractivity contribution in [3.8, 4) is 0 Å². The monoisotopic (exact) mass is 223 g/mol. The number of fused-ring (bicyclic) bond motifs is 1. The molecule has 0 atom stereocenters. The molecule has 1 heterocycles. The molecular formula is C14H9NO2. The van der Waals surface area contributed by atoms with E-state index in [1.54, 1.807) is 6.20 Å². The van der Waals surface area contributed by atoms with Crippen LogP contribution in [-0.2, 0) is 4.79 Å². The zero-order chi connectivity index (χ0) is 11.8. The van der Waals surface area contributed by atoms with Crippen LogP contribution in [0.15, 0.2) is 53.7 Å². The van der Waals surface area contributed by atoms with Gasteiger partial charge in [0.25, 0.3) is 0 Å². The summed E-state index contributed by atoms with van der Waals surface area (Å²) >= 11 is 0. The van der Waals surface area contributed by atoms with Crippen molar-refractivity contribution in [2.75, 3.05) is 0 Å². The first kappa shape index (κ1) is 9.78. The van der Waals surface area contributed by atoms with Crippen molar-refractivity contribution in [2.24, 2.45) is 4.99 Å². The summed E-state index contributed by atoms with van der Waals surface area (Å²) in [5.74, 6) is -0.976. The predicted octanol–water partition coefficient (Wildman–Crippen LogP) is 2.72. The summed E-state index contributed by atoms with van der Waals surface area (Å²) in [6.07, 6.45) is 1.60. The predicted molar refractivity (Wildman–Crippen MR) is 67.0 cm³/mol. The average molecular weight is 223 g/mol. The van der Waals surface area contributed by atoms with Crippen LogP contribution in [-0.4, -0.2) is 16.8 Å². The van der Waals surface area contributed by atoms with Gasteiger partial charge >= 0.3 is 5.97 Å². The van der Waals surface area contributed by atoms with E-state index in [0.717, 1.165) is 16.3 Å². The first-order valence-corrected chi connectivity index (χ1v) is 5.27. The van der Waals surface area contributed by atoms with Gasteiger partial charge < -0.3 is 5.11 Å². The summed E-state index contributed by atoms with van der Waals surface area (Å²) in [5.41, 5.74) is 1.77. The van der Waals surface area contributed by atoms with Gasteiger partial charge in [-0.15, -0.1) is 0 Å². The number of carboxylic acids is 1. The van der Waals surface area contributed by atoms with Crippen LogP contribution >= 0.6 is 0 Å². The molecule has 0 spiro atoms. The molecule has 1 aliphatic rings. The Morgan fingerprint density at radius 3 is 2.53 bits per heavy atom.